The topological polar surface area (TPSA) is 49.5 Å². The van der Waals surface area contributed by atoms with Gasteiger partial charge < -0.3 is 10.8 Å². The summed E-state index contributed by atoms with van der Waals surface area (Å²) >= 11 is 0. The molecule has 1 saturated heterocycles. The number of hydrogen-bond donors (Lipinski definition) is 2. The van der Waals surface area contributed by atoms with Gasteiger partial charge in [0.2, 0.25) is 0 Å². The van der Waals surface area contributed by atoms with E-state index in [0.29, 0.717) is 0 Å². The van der Waals surface area contributed by atoms with Gasteiger partial charge in [-0.25, -0.2) is 0 Å². The van der Waals surface area contributed by atoms with E-state index in [9.17, 15) is 18.3 Å². The Morgan fingerprint density at radius 2 is 1.62 bits per heavy atom. The standard InChI is InChI=1S/C10H17F3N2O/c11-10(12,13)9(16)5-15(6-9)8-3-1-7(14)2-4-8/h7-8,16H,1-6,14H2/t7-,8+. The van der Waals surface area contributed by atoms with Crippen molar-refractivity contribution < 1.29 is 18.3 Å². The Labute approximate surface area is 92.4 Å². The summed E-state index contributed by atoms with van der Waals surface area (Å²) in [5.74, 6) is 0. The van der Waals surface area contributed by atoms with Crippen LogP contribution < -0.4 is 5.73 Å². The molecule has 0 aromatic heterocycles. The summed E-state index contributed by atoms with van der Waals surface area (Å²) in [6.07, 6.45) is -1.09. The molecular formula is C10H17F3N2O. The highest BCUT2D eigenvalue weighted by molar-refractivity contribution is 5.03. The van der Waals surface area contributed by atoms with Crippen LogP contribution in [0, 0.1) is 0 Å². The highest BCUT2D eigenvalue weighted by Gasteiger charge is 2.61. The van der Waals surface area contributed by atoms with E-state index in [2.05, 4.69) is 0 Å². The van der Waals surface area contributed by atoms with Crippen LogP contribution in [0.25, 0.3) is 0 Å². The molecule has 1 aliphatic heterocycles. The Hall–Kier alpha value is -0.330. The molecule has 0 radical (unpaired) electrons. The maximum Gasteiger partial charge on any atom is 0.419 e. The van der Waals surface area contributed by atoms with E-state index in [1.807, 2.05) is 0 Å². The molecule has 16 heavy (non-hydrogen) atoms. The Morgan fingerprint density at radius 3 is 2.06 bits per heavy atom. The smallest absolute Gasteiger partial charge is 0.378 e. The quantitative estimate of drug-likeness (QED) is 0.712. The minimum atomic E-state index is -4.51. The van der Waals surface area contributed by atoms with E-state index < -0.39 is 11.8 Å². The van der Waals surface area contributed by atoms with Crippen LogP contribution in [0.1, 0.15) is 25.7 Å². The first-order valence-electron chi connectivity index (χ1n) is 5.60. The van der Waals surface area contributed by atoms with E-state index in [4.69, 9.17) is 5.73 Å². The summed E-state index contributed by atoms with van der Waals surface area (Å²) in [6.45, 7) is -0.563. The fourth-order valence-corrected chi connectivity index (χ4v) is 2.53. The number of hydrogen-bond acceptors (Lipinski definition) is 3. The van der Waals surface area contributed by atoms with Crippen molar-refractivity contribution in [2.24, 2.45) is 5.73 Å². The van der Waals surface area contributed by atoms with E-state index in [0.717, 1.165) is 25.7 Å². The first-order valence-corrected chi connectivity index (χ1v) is 5.60. The lowest BCUT2D eigenvalue weighted by Gasteiger charge is -2.51. The third-order valence-corrected chi connectivity index (χ3v) is 3.71. The summed E-state index contributed by atoms with van der Waals surface area (Å²) in [4.78, 5) is 1.72. The molecule has 0 aromatic carbocycles. The predicted octanol–water partition coefficient (Wildman–Crippen LogP) is 0.865. The Kier molecular flexibility index (Phi) is 2.92. The molecule has 0 bridgehead atoms. The molecule has 6 heteroatoms. The lowest BCUT2D eigenvalue weighted by atomic mass is 9.85. The van der Waals surface area contributed by atoms with Gasteiger partial charge in [-0.05, 0) is 25.7 Å². The maximum atomic E-state index is 12.4. The molecule has 1 saturated carbocycles. The molecule has 1 heterocycles. The second-order valence-electron chi connectivity index (χ2n) is 5.00. The molecule has 0 aromatic rings. The van der Waals surface area contributed by atoms with Crippen LogP contribution in [-0.2, 0) is 0 Å². The van der Waals surface area contributed by atoms with E-state index >= 15 is 0 Å². The van der Waals surface area contributed by atoms with E-state index in [1.165, 1.54) is 0 Å². The SMILES string of the molecule is N[C@H]1CC[C@@H](N2CC(O)(C(F)(F)F)C2)CC1. The van der Waals surface area contributed by atoms with Crippen molar-refractivity contribution in [3.05, 3.63) is 0 Å². The van der Waals surface area contributed by atoms with Gasteiger partial charge in [0.15, 0.2) is 5.60 Å². The maximum absolute atomic E-state index is 12.4. The average molecular weight is 238 g/mol. The van der Waals surface area contributed by atoms with Crippen LogP contribution in [0.3, 0.4) is 0 Å². The van der Waals surface area contributed by atoms with Crippen LogP contribution >= 0.6 is 0 Å². The molecule has 2 rings (SSSR count). The van der Waals surface area contributed by atoms with E-state index in [1.54, 1.807) is 4.90 Å². The highest BCUT2D eigenvalue weighted by atomic mass is 19.4. The summed E-state index contributed by atoms with van der Waals surface area (Å²) < 4.78 is 37.2. The molecule has 3 nitrogen and oxygen atoms in total. The van der Waals surface area contributed by atoms with Crippen molar-refractivity contribution in [2.45, 2.75) is 49.5 Å². The summed E-state index contributed by atoms with van der Waals surface area (Å²) in [5.41, 5.74) is 3.25. The number of likely N-dealkylation sites (tertiary alicyclic amines) is 1. The van der Waals surface area contributed by atoms with Crippen LogP contribution in [-0.4, -0.2) is 47.0 Å². The van der Waals surface area contributed by atoms with E-state index in [-0.39, 0.29) is 25.2 Å². The second-order valence-corrected chi connectivity index (χ2v) is 5.00. The third kappa shape index (κ3) is 2.06. The van der Waals surface area contributed by atoms with Crippen LogP contribution in [0.5, 0.6) is 0 Å². The monoisotopic (exact) mass is 238 g/mol. The number of halogens is 3. The van der Waals surface area contributed by atoms with Gasteiger partial charge >= 0.3 is 6.18 Å². The van der Waals surface area contributed by atoms with Gasteiger partial charge in [-0.2, -0.15) is 13.2 Å². The zero-order chi connectivity index (χ0) is 12.0. The normalized spacial score (nSPS) is 35.8. The highest BCUT2D eigenvalue weighted by Crippen LogP contribution is 2.40. The Bertz CT molecular complexity index is 255. The molecule has 1 aliphatic carbocycles. The molecule has 3 N–H and O–H groups in total. The molecule has 0 unspecified atom stereocenters. The van der Waals surface area contributed by atoms with Gasteiger partial charge in [0.05, 0.1) is 0 Å². The fraction of sp³-hybridized carbons (Fsp3) is 1.00. The third-order valence-electron chi connectivity index (χ3n) is 3.71. The van der Waals surface area contributed by atoms with Crippen LogP contribution in [0.4, 0.5) is 13.2 Å². The van der Waals surface area contributed by atoms with Crippen molar-refractivity contribution >= 4 is 0 Å². The summed E-state index contributed by atoms with van der Waals surface area (Å²) in [5, 5.41) is 9.31. The van der Waals surface area contributed by atoms with Crippen LogP contribution in [0.15, 0.2) is 0 Å². The number of rotatable bonds is 1. The number of aliphatic hydroxyl groups is 1. The number of alkyl halides is 3. The number of β-amino-alcohol motifs (C(OH)–C–C–N with tert-alkyl or cyclic N) is 1. The van der Waals surface area contributed by atoms with Gasteiger partial charge in [0, 0.05) is 25.2 Å². The molecule has 0 atom stereocenters. The Balaban J connectivity index is 1.84. The lowest BCUT2D eigenvalue weighted by molar-refractivity contribution is -0.306. The van der Waals surface area contributed by atoms with Crippen molar-refractivity contribution in [2.75, 3.05) is 13.1 Å². The zero-order valence-electron chi connectivity index (χ0n) is 9.00. The molecular weight excluding hydrogens is 221 g/mol. The van der Waals surface area contributed by atoms with Crippen molar-refractivity contribution in [3.8, 4) is 0 Å². The average Bonchev–Trinajstić information content (AvgIpc) is 2.13. The molecule has 0 spiro atoms. The molecule has 94 valence electrons. The van der Waals surface area contributed by atoms with Crippen molar-refractivity contribution in [1.82, 2.24) is 4.90 Å². The second kappa shape index (κ2) is 3.85. The van der Waals surface area contributed by atoms with Crippen molar-refractivity contribution in [1.29, 1.82) is 0 Å². The lowest BCUT2D eigenvalue weighted by Crippen LogP contribution is -2.71. The molecule has 2 fully saturated rings. The Morgan fingerprint density at radius 1 is 1.12 bits per heavy atom. The van der Waals surface area contributed by atoms with Crippen molar-refractivity contribution in [3.63, 3.8) is 0 Å². The summed E-state index contributed by atoms with van der Waals surface area (Å²) in [7, 11) is 0. The van der Waals surface area contributed by atoms with Gasteiger partial charge in [-0.1, -0.05) is 0 Å². The first-order chi connectivity index (χ1) is 7.32. The summed E-state index contributed by atoms with van der Waals surface area (Å²) in [6, 6.07) is 0.362. The molecule has 2 aliphatic rings. The van der Waals surface area contributed by atoms with Gasteiger partial charge in [-0.3, -0.25) is 4.90 Å². The predicted molar refractivity (Wildman–Crippen MR) is 52.8 cm³/mol. The molecule has 0 amide bonds. The zero-order valence-corrected chi connectivity index (χ0v) is 9.00. The van der Waals surface area contributed by atoms with Gasteiger partial charge in [-0.15, -0.1) is 0 Å². The fourth-order valence-electron chi connectivity index (χ4n) is 2.53. The minimum absolute atomic E-state index is 0.169. The number of nitrogens with zero attached hydrogens (tertiary/aromatic N) is 1. The first kappa shape index (κ1) is 12.1. The minimum Gasteiger partial charge on any atom is -0.378 e. The van der Waals surface area contributed by atoms with Gasteiger partial charge in [0.25, 0.3) is 0 Å². The number of nitrogens with two attached hydrogens (primary N) is 1. The van der Waals surface area contributed by atoms with Gasteiger partial charge in [0.1, 0.15) is 0 Å². The van der Waals surface area contributed by atoms with Crippen LogP contribution in [0.2, 0.25) is 0 Å². The largest absolute Gasteiger partial charge is 0.419 e.